The normalized spacial score (nSPS) is 9.66. The molecular formula is C23H24N4S2. The van der Waals surface area contributed by atoms with Crippen LogP contribution in [-0.2, 0) is 12.8 Å². The Morgan fingerprint density at radius 1 is 0.793 bits per heavy atom. The van der Waals surface area contributed by atoms with Gasteiger partial charge in [-0.2, -0.15) is 5.26 Å². The van der Waals surface area contributed by atoms with Crippen molar-refractivity contribution in [3.63, 3.8) is 0 Å². The van der Waals surface area contributed by atoms with E-state index in [1.165, 1.54) is 10.4 Å². The molecule has 0 amide bonds. The summed E-state index contributed by atoms with van der Waals surface area (Å²) < 4.78 is 0. The third-order valence-corrected chi connectivity index (χ3v) is 5.96. The summed E-state index contributed by atoms with van der Waals surface area (Å²) in [6.45, 7) is 0.668. The first kappa shape index (κ1) is 22.4. The number of thiazole rings is 2. The van der Waals surface area contributed by atoms with Gasteiger partial charge in [0.2, 0.25) is 0 Å². The van der Waals surface area contributed by atoms with E-state index in [0.717, 1.165) is 26.9 Å². The van der Waals surface area contributed by atoms with Crippen molar-refractivity contribution in [2.24, 2.45) is 5.73 Å². The summed E-state index contributed by atoms with van der Waals surface area (Å²) in [5.41, 5.74) is 7.87. The van der Waals surface area contributed by atoms with Gasteiger partial charge in [0, 0.05) is 18.8 Å². The third kappa shape index (κ3) is 6.61. The van der Waals surface area contributed by atoms with Crippen molar-refractivity contribution in [3.8, 4) is 27.0 Å². The number of nitrogens with two attached hydrogens (primary N) is 1. The van der Waals surface area contributed by atoms with Crippen molar-refractivity contribution in [2.45, 2.75) is 20.3 Å². The molecule has 0 saturated carbocycles. The van der Waals surface area contributed by atoms with Crippen molar-refractivity contribution >= 4 is 22.7 Å². The molecule has 0 atom stereocenters. The Hall–Kier alpha value is -2.85. The van der Waals surface area contributed by atoms with Gasteiger partial charge in [0.05, 0.1) is 27.3 Å². The largest absolute Gasteiger partial charge is 0.330 e. The molecule has 0 spiro atoms. The summed E-state index contributed by atoms with van der Waals surface area (Å²) >= 11 is 3.30. The summed E-state index contributed by atoms with van der Waals surface area (Å²) in [4.78, 5) is 10.8. The van der Waals surface area contributed by atoms with Gasteiger partial charge in [-0.15, -0.1) is 22.7 Å². The predicted octanol–water partition coefficient (Wildman–Crippen LogP) is 5.82. The van der Waals surface area contributed by atoms with Crippen molar-refractivity contribution in [3.05, 3.63) is 83.1 Å². The smallest absolute Gasteiger partial charge is 0.107 e. The van der Waals surface area contributed by atoms with Gasteiger partial charge in [-0.05, 0) is 17.7 Å². The molecule has 2 heterocycles. The number of hydrogen-bond donors (Lipinski definition) is 1. The SMILES string of the molecule is C.N#CCc1ncc(-c2ccccc2)s1.NCCc1ncc(-c2ccccc2)s1. The van der Waals surface area contributed by atoms with Gasteiger partial charge in [-0.25, -0.2) is 9.97 Å². The summed E-state index contributed by atoms with van der Waals surface area (Å²) in [5.74, 6) is 0. The first-order valence-corrected chi connectivity index (χ1v) is 10.5. The molecule has 2 aromatic carbocycles. The van der Waals surface area contributed by atoms with Crippen LogP contribution in [0, 0.1) is 11.3 Å². The third-order valence-electron chi connectivity index (χ3n) is 3.81. The predicted molar refractivity (Wildman–Crippen MR) is 124 cm³/mol. The van der Waals surface area contributed by atoms with Crippen LogP contribution in [0.5, 0.6) is 0 Å². The highest BCUT2D eigenvalue weighted by molar-refractivity contribution is 7.15. The van der Waals surface area contributed by atoms with Crippen LogP contribution in [0.15, 0.2) is 73.1 Å². The lowest BCUT2D eigenvalue weighted by atomic mass is 10.2. The molecule has 29 heavy (non-hydrogen) atoms. The van der Waals surface area contributed by atoms with Crippen LogP contribution in [0.25, 0.3) is 20.9 Å². The first-order valence-electron chi connectivity index (χ1n) is 8.87. The Morgan fingerprint density at radius 3 is 1.76 bits per heavy atom. The second-order valence-electron chi connectivity index (χ2n) is 5.84. The number of benzene rings is 2. The lowest BCUT2D eigenvalue weighted by molar-refractivity contribution is 0.953. The van der Waals surface area contributed by atoms with Gasteiger partial charge >= 0.3 is 0 Å². The standard InChI is InChI=1S/C11H12N2S.C11H8N2S.CH4/c2*12-7-6-11-13-8-10(14-11)9-4-2-1-3-5-9;/h1-5,8H,6-7,12H2;1-5,8H,6H2;1H4. The van der Waals surface area contributed by atoms with Gasteiger partial charge in [-0.1, -0.05) is 68.1 Å². The zero-order chi connectivity index (χ0) is 19.6. The fourth-order valence-corrected chi connectivity index (χ4v) is 4.27. The number of rotatable bonds is 5. The summed E-state index contributed by atoms with van der Waals surface area (Å²) in [6, 6.07) is 22.5. The average molecular weight is 421 g/mol. The highest BCUT2D eigenvalue weighted by Gasteiger charge is 2.03. The molecule has 0 unspecified atom stereocenters. The maximum Gasteiger partial charge on any atom is 0.107 e. The van der Waals surface area contributed by atoms with Crippen LogP contribution < -0.4 is 5.73 Å². The monoisotopic (exact) mass is 420 g/mol. The minimum Gasteiger partial charge on any atom is -0.330 e. The Bertz CT molecular complexity index is 1020. The van der Waals surface area contributed by atoms with Crippen LogP contribution in [-0.4, -0.2) is 16.5 Å². The molecule has 4 rings (SSSR count). The van der Waals surface area contributed by atoms with Gasteiger partial charge in [0.1, 0.15) is 5.01 Å². The number of aromatic nitrogens is 2. The van der Waals surface area contributed by atoms with Gasteiger partial charge in [0.25, 0.3) is 0 Å². The highest BCUT2D eigenvalue weighted by atomic mass is 32.1. The van der Waals surface area contributed by atoms with E-state index in [9.17, 15) is 0 Å². The number of nitriles is 1. The van der Waals surface area contributed by atoms with Crippen molar-refractivity contribution in [1.29, 1.82) is 5.26 Å². The van der Waals surface area contributed by atoms with Gasteiger partial charge in [0.15, 0.2) is 0 Å². The lowest BCUT2D eigenvalue weighted by Crippen LogP contribution is -2.01. The van der Waals surface area contributed by atoms with E-state index >= 15 is 0 Å². The summed E-state index contributed by atoms with van der Waals surface area (Å²) in [5, 5.41) is 10.5. The molecule has 0 fully saturated rings. The van der Waals surface area contributed by atoms with Crippen molar-refractivity contribution < 1.29 is 0 Å². The molecular weight excluding hydrogens is 396 g/mol. The second kappa shape index (κ2) is 11.9. The molecule has 0 saturated heterocycles. The maximum atomic E-state index is 8.52. The van der Waals surface area contributed by atoms with Crippen LogP contribution in [0.2, 0.25) is 0 Å². The number of hydrogen-bond acceptors (Lipinski definition) is 6. The van der Waals surface area contributed by atoms with Crippen LogP contribution in [0.1, 0.15) is 17.4 Å². The average Bonchev–Trinajstić information content (AvgIpc) is 3.41. The molecule has 4 nitrogen and oxygen atoms in total. The highest BCUT2D eigenvalue weighted by Crippen LogP contribution is 2.26. The quantitative estimate of drug-likeness (QED) is 0.441. The Labute approximate surface area is 180 Å². The fourth-order valence-electron chi connectivity index (χ4n) is 2.48. The minimum absolute atomic E-state index is 0. The number of nitrogens with zero attached hydrogens (tertiary/aromatic N) is 3. The Morgan fingerprint density at radius 2 is 1.28 bits per heavy atom. The van der Waals surface area contributed by atoms with E-state index in [2.05, 4.69) is 28.2 Å². The second-order valence-corrected chi connectivity index (χ2v) is 8.07. The summed E-state index contributed by atoms with van der Waals surface area (Å²) in [6.07, 6.45) is 5.02. The van der Waals surface area contributed by atoms with E-state index in [1.54, 1.807) is 22.7 Å². The van der Waals surface area contributed by atoms with E-state index in [4.69, 9.17) is 11.0 Å². The van der Waals surface area contributed by atoms with Crippen molar-refractivity contribution in [1.82, 2.24) is 9.97 Å². The molecule has 148 valence electrons. The molecule has 0 radical (unpaired) electrons. The first-order chi connectivity index (χ1) is 13.8. The van der Waals surface area contributed by atoms with Gasteiger partial charge < -0.3 is 5.73 Å². The van der Waals surface area contributed by atoms with Crippen LogP contribution in [0.4, 0.5) is 0 Å². The zero-order valence-electron chi connectivity index (χ0n) is 15.3. The molecule has 6 heteroatoms. The van der Waals surface area contributed by atoms with Crippen LogP contribution in [0.3, 0.4) is 0 Å². The fraction of sp³-hybridized carbons (Fsp3) is 0.174. The summed E-state index contributed by atoms with van der Waals surface area (Å²) in [7, 11) is 0. The van der Waals surface area contributed by atoms with E-state index in [-0.39, 0.29) is 7.43 Å². The Kier molecular flexibility index (Phi) is 9.19. The van der Waals surface area contributed by atoms with Gasteiger partial charge in [-0.3, -0.25) is 0 Å². The molecule has 2 N–H and O–H groups in total. The minimum atomic E-state index is 0. The van der Waals surface area contributed by atoms with Crippen molar-refractivity contribution in [2.75, 3.05) is 6.54 Å². The Balaban J connectivity index is 0.000000200. The molecule has 4 aromatic rings. The zero-order valence-corrected chi connectivity index (χ0v) is 16.9. The van der Waals surface area contributed by atoms with Crippen LogP contribution >= 0.6 is 22.7 Å². The molecule has 0 aliphatic carbocycles. The maximum absolute atomic E-state index is 8.52. The molecule has 0 bridgehead atoms. The molecule has 2 aromatic heterocycles. The van der Waals surface area contributed by atoms with E-state index in [0.29, 0.717) is 13.0 Å². The lowest BCUT2D eigenvalue weighted by Gasteiger charge is -1.93. The molecule has 0 aliphatic heterocycles. The van der Waals surface area contributed by atoms with E-state index in [1.807, 2.05) is 60.9 Å². The molecule has 0 aliphatic rings. The van der Waals surface area contributed by atoms with E-state index < -0.39 is 0 Å². The topological polar surface area (TPSA) is 75.6 Å².